The van der Waals surface area contributed by atoms with E-state index in [4.69, 9.17) is 4.74 Å². The molecule has 0 saturated carbocycles. The van der Waals surface area contributed by atoms with Crippen molar-refractivity contribution in [3.63, 3.8) is 0 Å². The monoisotopic (exact) mass is 275 g/mol. The summed E-state index contributed by atoms with van der Waals surface area (Å²) < 4.78 is 6.16. The Labute approximate surface area is 123 Å². The summed E-state index contributed by atoms with van der Waals surface area (Å²) in [6.45, 7) is 14.3. The lowest BCUT2D eigenvalue weighted by Crippen LogP contribution is -2.33. The van der Waals surface area contributed by atoms with Crippen molar-refractivity contribution in [1.29, 1.82) is 0 Å². The van der Waals surface area contributed by atoms with Gasteiger partial charge in [0.05, 0.1) is 18.2 Å². The maximum Gasteiger partial charge on any atom is 0.0774 e. The van der Waals surface area contributed by atoms with Crippen LogP contribution in [0.3, 0.4) is 0 Å². The number of benzene rings is 1. The molecule has 1 fully saturated rings. The summed E-state index contributed by atoms with van der Waals surface area (Å²) in [7, 11) is 0. The Morgan fingerprint density at radius 1 is 1.15 bits per heavy atom. The number of nitrogens with one attached hydrogen (secondary N) is 1. The number of likely N-dealkylation sites (N-methyl/N-ethyl adjacent to an activating group) is 1. The predicted molar refractivity (Wildman–Crippen MR) is 85.4 cm³/mol. The van der Waals surface area contributed by atoms with Crippen LogP contribution in [0.4, 0.5) is 0 Å². The van der Waals surface area contributed by atoms with Crippen LogP contribution in [0.15, 0.2) is 6.07 Å². The number of ether oxygens (including phenoxy) is 1. The van der Waals surface area contributed by atoms with Gasteiger partial charge >= 0.3 is 0 Å². The molecule has 0 bridgehead atoms. The summed E-state index contributed by atoms with van der Waals surface area (Å²) in [6.07, 6.45) is 3.04. The molecular formula is C18H29NO. The van der Waals surface area contributed by atoms with Crippen LogP contribution in [0.1, 0.15) is 60.5 Å². The summed E-state index contributed by atoms with van der Waals surface area (Å²) in [5, 5.41) is 3.67. The molecule has 20 heavy (non-hydrogen) atoms. The van der Waals surface area contributed by atoms with Crippen LogP contribution in [-0.2, 0) is 4.74 Å². The quantitative estimate of drug-likeness (QED) is 0.891. The van der Waals surface area contributed by atoms with Gasteiger partial charge in [-0.15, -0.1) is 0 Å². The smallest absolute Gasteiger partial charge is 0.0774 e. The SMILES string of the molecule is CCNC(c1c(C)c(C)cc(C)c1C)C1CCC(C)O1. The van der Waals surface area contributed by atoms with Crippen molar-refractivity contribution in [3.8, 4) is 0 Å². The molecule has 2 rings (SSSR count). The van der Waals surface area contributed by atoms with E-state index >= 15 is 0 Å². The summed E-state index contributed by atoms with van der Waals surface area (Å²) in [4.78, 5) is 0. The molecule has 0 spiro atoms. The van der Waals surface area contributed by atoms with Crippen molar-refractivity contribution in [1.82, 2.24) is 5.32 Å². The molecule has 1 aliphatic heterocycles. The lowest BCUT2D eigenvalue weighted by Gasteiger charge is -2.29. The number of rotatable bonds is 4. The molecule has 0 aliphatic carbocycles. The molecule has 0 aromatic heterocycles. The first-order chi connectivity index (χ1) is 9.45. The minimum Gasteiger partial charge on any atom is -0.373 e. The second kappa shape index (κ2) is 6.28. The lowest BCUT2D eigenvalue weighted by molar-refractivity contribution is 0.0316. The van der Waals surface area contributed by atoms with Crippen molar-refractivity contribution in [2.24, 2.45) is 0 Å². The van der Waals surface area contributed by atoms with Crippen LogP contribution < -0.4 is 5.32 Å². The van der Waals surface area contributed by atoms with Gasteiger partial charge in [0.15, 0.2) is 0 Å². The molecule has 0 radical (unpaired) electrons. The van der Waals surface area contributed by atoms with Gasteiger partial charge in [0.25, 0.3) is 0 Å². The minimum atomic E-state index is 0.309. The van der Waals surface area contributed by atoms with Crippen molar-refractivity contribution in [3.05, 3.63) is 33.9 Å². The molecule has 1 aromatic rings. The Balaban J connectivity index is 2.44. The topological polar surface area (TPSA) is 21.3 Å². The van der Waals surface area contributed by atoms with Gasteiger partial charge in [0, 0.05) is 0 Å². The van der Waals surface area contributed by atoms with E-state index in [1.807, 2.05) is 0 Å². The van der Waals surface area contributed by atoms with Gasteiger partial charge in [-0.05, 0) is 81.8 Å². The largest absolute Gasteiger partial charge is 0.373 e. The Morgan fingerprint density at radius 2 is 1.75 bits per heavy atom. The summed E-state index contributed by atoms with van der Waals surface area (Å²) in [6, 6.07) is 2.62. The van der Waals surface area contributed by atoms with Crippen molar-refractivity contribution < 1.29 is 4.74 Å². The molecule has 112 valence electrons. The van der Waals surface area contributed by atoms with Crippen LogP contribution in [0, 0.1) is 27.7 Å². The standard InChI is InChI=1S/C18H29NO/c1-7-19-18(16-9-8-13(4)20-16)17-14(5)11(2)10-12(3)15(17)6/h10,13,16,18-19H,7-9H2,1-6H3. The molecule has 2 nitrogen and oxygen atoms in total. The van der Waals surface area contributed by atoms with Crippen molar-refractivity contribution in [2.45, 2.75) is 72.6 Å². The molecule has 1 N–H and O–H groups in total. The molecule has 1 heterocycles. The van der Waals surface area contributed by atoms with Gasteiger partial charge < -0.3 is 10.1 Å². The van der Waals surface area contributed by atoms with E-state index in [0.717, 1.165) is 13.0 Å². The highest BCUT2D eigenvalue weighted by atomic mass is 16.5. The van der Waals surface area contributed by atoms with Gasteiger partial charge in [-0.1, -0.05) is 13.0 Å². The van der Waals surface area contributed by atoms with E-state index in [2.05, 4.69) is 52.9 Å². The first-order valence-electron chi connectivity index (χ1n) is 7.91. The van der Waals surface area contributed by atoms with Crippen LogP contribution >= 0.6 is 0 Å². The van der Waals surface area contributed by atoms with E-state index in [0.29, 0.717) is 18.2 Å². The minimum absolute atomic E-state index is 0.309. The maximum atomic E-state index is 6.16. The van der Waals surface area contributed by atoms with Crippen molar-refractivity contribution >= 4 is 0 Å². The number of hydrogen-bond acceptors (Lipinski definition) is 2. The molecule has 2 heteroatoms. The average Bonchev–Trinajstić information content (AvgIpc) is 2.82. The van der Waals surface area contributed by atoms with E-state index in [1.54, 1.807) is 0 Å². The van der Waals surface area contributed by atoms with Crippen LogP contribution in [-0.4, -0.2) is 18.8 Å². The third-order valence-electron chi connectivity index (χ3n) is 4.80. The molecule has 1 aliphatic rings. The third-order valence-corrected chi connectivity index (χ3v) is 4.80. The fraction of sp³-hybridized carbons (Fsp3) is 0.667. The van der Waals surface area contributed by atoms with Crippen molar-refractivity contribution in [2.75, 3.05) is 6.54 Å². The molecular weight excluding hydrogens is 246 g/mol. The van der Waals surface area contributed by atoms with Crippen LogP contribution in [0.2, 0.25) is 0 Å². The fourth-order valence-electron chi connectivity index (χ4n) is 3.43. The Morgan fingerprint density at radius 3 is 2.20 bits per heavy atom. The Kier molecular flexibility index (Phi) is 4.87. The zero-order valence-electron chi connectivity index (χ0n) is 13.8. The maximum absolute atomic E-state index is 6.16. The van der Waals surface area contributed by atoms with Gasteiger partial charge in [-0.25, -0.2) is 0 Å². The fourth-order valence-corrected chi connectivity index (χ4v) is 3.43. The van der Waals surface area contributed by atoms with E-state index in [-0.39, 0.29) is 0 Å². The molecule has 1 aromatic carbocycles. The lowest BCUT2D eigenvalue weighted by atomic mass is 9.87. The molecule has 3 atom stereocenters. The first kappa shape index (κ1) is 15.5. The van der Waals surface area contributed by atoms with Crippen LogP contribution in [0.5, 0.6) is 0 Å². The highest BCUT2D eigenvalue weighted by Gasteiger charge is 2.32. The Hall–Kier alpha value is -0.860. The van der Waals surface area contributed by atoms with E-state index in [9.17, 15) is 0 Å². The van der Waals surface area contributed by atoms with Crippen LogP contribution in [0.25, 0.3) is 0 Å². The second-order valence-electron chi connectivity index (χ2n) is 6.27. The van der Waals surface area contributed by atoms with Gasteiger partial charge in [-0.2, -0.15) is 0 Å². The molecule has 1 saturated heterocycles. The summed E-state index contributed by atoms with van der Waals surface area (Å²) >= 11 is 0. The normalized spacial score (nSPS) is 24.1. The predicted octanol–water partition coefficient (Wildman–Crippen LogP) is 4.14. The second-order valence-corrected chi connectivity index (χ2v) is 6.27. The summed E-state index contributed by atoms with van der Waals surface area (Å²) in [5.74, 6) is 0. The van der Waals surface area contributed by atoms with Gasteiger partial charge in [0.2, 0.25) is 0 Å². The zero-order valence-corrected chi connectivity index (χ0v) is 13.8. The highest BCUT2D eigenvalue weighted by molar-refractivity contribution is 5.46. The first-order valence-corrected chi connectivity index (χ1v) is 7.91. The average molecular weight is 275 g/mol. The van der Waals surface area contributed by atoms with Gasteiger partial charge in [-0.3, -0.25) is 0 Å². The van der Waals surface area contributed by atoms with E-state index in [1.165, 1.54) is 34.2 Å². The Bertz CT molecular complexity index is 455. The molecule has 0 amide bonds. The summed E-state index contributed by atoms with van der Waals surface area (Å²) in [5.41, 5.74) is 7.07. The van der Waals surface area contributed by atoms with Gasteiger partial charge in [0.1, 0.15) is 0 Å². The number of hydrogen-bond donors (Lipinski definition) is 1. The number of aryl methyl sites for hydroxylation is 2. The third kappa shape index (κ3) is 2.91. The highest BCUT2D eigenvalue weighted by Crippen LogP contribution is 2.35. The zero-order chi connectivity index (χ0) is 14.9. The van der Waals surface area contributed by atoms with E-state index < -0.39 is 0 Å². The molecule has 3 unspecified atom stereocenters.